The molecule has 1 saturated heterocycles. The fraction of sp³-hybridized carbons (Fsp3) is 0.409. The van der Waals surface area contributed by atoms with Crippen molar-refractivity contribution in [2.75, 3.05) is 44.4 Å². The summed E-state index contributed by atoms with van der Waals surface area (Å²) in [5.74, 6) is 1.65. The summed E-state index contributed by atoms with van der Waals surface area (Å²) in [5, 5.41) is 3.07. The molecule has 0 unspecified atom stereocenters. The zero-order valence-corrected chi connectivity index (χ0v) is 16.3. The fourth-order valence-electron chi connectivity index (χ4n) is 3.84. The number of anilines is 1. The van der Waals surface area contributed by atoms with Crippen LogP contribution >= 0.6 is 0 Å². The van der Waals surface area contributed by atoms with E-state index in [0.29, 0.717) is 13.0 Å². The van der Waals surface area contributed by atoms with Crippen molar-refractivity contribution in [2.45, 2.75) is 19.4 Å². The lowest BCUT2D eigenvalue weighted by Crippen LogP contribution is -2.49. The first-order chi connectivity index (χ1) is 13.7. The van der Waals surface area contributed by atoms with Crippen molar-refractivity contribution < 1.29 is 14.3 Å². The average Bonchev–Trinajstić information content (AvgIpc) is 3.23. The molecule has 2 aromatic carbocycles. The Labute approximate surface area is 166 Å². The summed E-state index contributed by atoms with van der Waals surface area (Å²) < 4.78 is 11.0. The number of rotatable bonds is 6. The molecule has 2 heterocycles. The molecule has 0 spiro atoms. The van der Waals surface area contributed by atoms with Crippen molar-refractivity contribution >= 4 is 11.6 Å². The molecule has 148 valence electrons. The molecule has 1 amide bonds. The van der Waals surface area contributed by atoms with Gasteiger partial charge < -0.3 is 19.7 Å². The maximum atomic E-state index is 11.9. The molecule has 6 heteroatoms. The van der Waals surface area contributed by atoms with Crippen LogP contribution < -0.4 is 19.7 Å². The zero-order valence-electron chi connectivity index (χ0n) is 16.3. The summed E-state index contributed by atoms with van der Waals surface area (Å²) in [6.45, 7) is 6.55. The minimum Gasteiger partial charge on any atom is -0.454 e. The van der Waals surface area contributed by atoms with Crippen molar-refractivity contribution in [1.82, 2.24) is 10.2 Å². The highest BCUT2D eigenvalue weighted by molar-refractivity contribution is 5.75. The average molecular weight is 381 g/mol. The third-order valence-corrected chi connectivity index (χ3v) is 5.47. The van der Waals surface area contributed by atoms with Gasteiger partial charge in [-0.25, -0.2) is 0 Å². The number of carbonyl (C=O) groups is 1. The van der Waals surface area contributed by atoms with Gasteiger partial charge in [0.05, 0.1) is 6.04 Å². The molecular formula is C22H27N3O3. The van der Waals surface area contributed by atoms with Crippen molar-refractivity contribution in [1.29, 1.82) is 0 Å². The molecule has 0 bridgehead atoms. The molecule has 1 N–H and O–H groups in total. The van der Waals surface area contributed by atoms with Crippen LogP contribution in [-0.2, 0) is 4.79 Å². The standard InChI is InChI=1S/C22H27N3O3/c1-2-22(26)23-15-19(17-8-9-20-21(14-17)28-16-27-20)25-12-10-24(11-13-25)18-6-4-3-5-7-18/h3-9,14,19H,2,10-13,15-16H2,1H3,(H,23,26)/t19-/m0/s1. The van der Waals surface area contributed by atoms with Crippen LogP contribution in [0.1, 0.15) is 24.9 Å². The lowest BCUT2D eigenvalue weighted by molar-refractivity contribution is -0.121. The van der Waals surface area contributed by atoms with Gasteiger partial charge in [0.1, 0.15) is 0 Å². The van der Waals surface area contributed by atoms with E-state index in [0.717, 1.165) is 43.2 Å². The molecule has 0 aliphatic carbocycles. The second-order valence-corrected chi connectivity index (χ2v) is 7.14. The quantitative estimate of drug-likeness (QED) is 0.834. The number of benzene rings is 2. The first-order valence-electron chi connectivity index (χ1n) is 9.95. The topological polar surface area (TPSA) is 54.0 Å². The van der Waals surface area contributed by atoms with Crippen LogP contribution in [-0.4, -0.2) is 50.3 Å². The minimum atomic E-state index is 0.0775. The highest BCUT2D eigenvalue weighted by Crippen LogP contribution is 2.35. The second-order valence-electron chi connectivity index (χ2n) is 7.14. The molecule has 2 aromatic rings. The number of hydrogen-bond donors (Lipinski definition) is 1. The summed E-state index contributed by atoms with van der Waals surface area (Å²) in [7, 11) is 0. The Morgan fingerprint density at radius 1 is 1.04 bits per heavy atom. The van der Waals surface area contributed by atoms with Gasteiger partial charge in [-0.3, -0.25) is 9.69 Å². The minimum absolute atomic E-state index is 0.0775. The van der Waals surface area contributed by atoms with Crippen LogP contribution in [0.4, 0.5) is 5.69 Å². The van der Waals surface area contributed by atoms with E-state index in [1.807, 2.05) is 19.1 Å². The number of carbonyl (C=O) groups excluding carboxylic acids is 1. The van der Waals surface area contributed by atoms with Gasteiger partial charge in [0.15, 0.2) is 11.5 Å². The molecule has 0 saturated carbocycles. The van der Waals surface area contributed by atoms with Gasteiger partial charge in [-0.05, 0) is 29.8 Å². The van der Waals surface area contributed by atoms with Gasteiger partial charge >= 0.3 is 0 Å². The van der Waals surface area contributed by atoms with Crippen LogP contribution in [0.5, 0.6) is 11.5 Å². The van der Waals surface area contributed by atoms with E-state index in [9.17, 15) is 4.79 Å². The van der Waals surface area contributed by atoms with Crippen LogP contribution in [0.3, 0.4) is 0 Å². The molecule has 1 fully saturated rings. The van der Waals surface area contributed by atoms with Gasteiger partial charge in [0, 0.05) is 44.8 Å². The van der Waals surface area contributed by atoms with Gasteiger partial charge in [-0.15, -0.1) is 0 Å². The SMILES string of the molecule is CCC(=O)NC[C@@H](c1ccc2c(c1)OCO2)N1CCN(c2ccccc2)CC1. The monoisotopic (exact) mass is 381 g/mol. The molecule has 4 rings (SSSR count). The number of amides is 1. The Hall–Kier alpha value is -2.73. The Morgan fingerprint density at radius 2 is 1.79 bits per heavy atom. The number of fused-ring (bicyclic) bond motifs is 1. The fourth-order valence-corrected chi connectivity index (χ4v) is 3.84. The molecule has 6 nitrogen and oxygen atoms in total. The van der Waals surface area contributed by atoms with Crippen LogP contribution in [0.2, 0.25) is 0 Å². The van der Waals surface area contributed by atoms with Crippen molar-refractivity contribution in [3.63, 3.8) is 0 Å². The molecular weight excluding hydrogens is 354 g/mol. The molecule has 1 atom stereocenters. The third kappa shape index (κ3) is 4.07. The van der Waals surface area contributed by atoms with E-state index >= 15 is 0 Å². The Balaban J connectivity index is 1.48. The first kappa shape index (κ1) is 18.6. The number of nitrogens with one attached hydrogen (secondary N) is 1. The van der Waals surface area contributed by atoms with E-state index < -0.39 is 0 Å². The Kier molecular flexibility index (Phi) is 5.67. The molecule has 28 heavy (non-hydrogen) atoms. The van der Waals surface area contributed by atoms with E-state index in [1.54, 1.807) is 0 Å². The number of para-hydroxylation sites is 1. The maximum Gasteiger partial charge on any atom is 0.231 e. The summed E-state index contributed by atoms with van der Waals surface area (Å²) in [6, 6.07) is 16.7. The summed E-state index contributed by atoms with van der Waals surface area (Å²) in [4.78, 5) is 16.7. The summed E-state index contributed by atoms with van der Waals surface area (Å²) in [5.41, 5.74) is 2.41. The summed E-state index contributed by atoms with van der Waals surface area (Å²) >= 11 is 0. The first-order valence-corrected chi connectivity index (χ1v) is 9.95. The number of ether oxygens (including phenoxy) is 2. The predicted molar refractivity (Wildman–Crippen MR) is 109 cm³/mol. The Bertz CT molecular complexity index is 804. The van der Waals surface area contributed by atoms with Crippen molar-refractivity contribution in [3.05, 3.63) is 54.1 Å². The van der Waals surface area contributed by atoms with Gasteiger partial charge in [0.2, 0.25) is 12.7 Å². The summed E-state index contributed by atoms with van der Waals surface area (Å²) in [6.07, 6.45) is 0.496. The maximum absolute atomic E-state index is 11.9. The largest absolute Gasteiger partial charge is 0.454 e. The van der Waals surface area contributed by atoms with Crippen molar-refractivity contribution in [2.24, 2.45) is 0 Å². The van der Waals surface area contributed by atoms with Crippen molar-refractivity contribution in [3.8, 4) is 11.5 Å². The lowest BCUT2D eigenvalue weighted by Gasteiger charge is -2.40. The molecule has 0 radical (unpaired) electrons. The second kappa shape index (κ2) is 8.52. The van der Waals surface area contributed by atoms with Crippen LogP contribution in [0.25, 0.3) is 0 Å². The number of piperazine rings is 1. The zero-order chi connectivity index (χ0) is 19.3. The predicted octanol–water partition coefficient (Wildman–Crippen LogP) is 2.80. The third-order valence-electron chi connectivity index (χ3n) is 5.47. The molecule has 0 aromatic heterocycles. The van der Waals surface area contributed by atoms with Crippen LogP contribution in [0, 0.1) is 0 Å². The highest BCUT2D eigenvalue weighted by atomic mass is 16.7. The van der Waals surface area contributed by atoms with Gasteiger partial charge in [-0.1, -0.05) is 31.2 Å². The molecule has 2 aliphatic heterocycles. The van der Waals surface area contributed by atoms with Gasteiger partial charge in [0.25, 0.3) is 0 Å². The van der Waals surface area contributed by atoms with E-state index in [4.69, 9.17) is 9.47 Å². The smallest absolute Gasteiger partial charge is 0.231 e. The van der Waals surface area contributed by atoms with Gasteiger partial charge in [-0.2, -0.15) is 0 Å². The molecule has 2 aliphatic rings. The van der Waals surface area contributed by atoms with E-state index in [2.05, 4.69) is 51.5 Å². The number of hydrogen-bond acceptors (Lipinski definition) is 5. The lowest BCUT2D eigenvalue weighted by atomic mass is 10.0. The van der Waals surface area contributed by atoms with Crippen LogP contribution in [0.15, 0.2) is 48.5 Å². The number of nitrogens with zero attached hydrogens (tertiary/aromatic N) is 2. The Morgan fingerprint density at radius 3 is 2.54 bits per heavy atom. The van der Waals surface area contributed by atoms with E-state index in [-0.39, 0.29) is 18.7 Å². The van der Waals surface area contributed by atoms with E-state index in [1.165, 1.54) is 5.69 Å². The normalized spacial score (nSPS) is 17.4. The highest BCUT2D eigenvalue weighted by Gasteiger charge is 2.27.